The molecule has 0 saturated carbocycles. The number of nitrogens with zero attached hydrogens (tertiary/aromatic N) is 4. The third-order valence-electron chi connectivity index (χ3n) is 7.13. The number of pyridine rings is 2. The Bertz CT molecular complexity index is 1870. The summed E-state index contributed by atoms with van der Waals surface area (Å²) in [5, 5.41) is 10.9. The van der Waals surface area contributed by atoms with E-state index < -0.39 is 5.97 Å². The molecule has 0 aliphatic carbocycles. The molecule has 0 radical (unpaired) electrons. The number of rotatable bonds is 6. The summed E-state index contributed by atoms with van der Waals surface area (Å²) in [6.45, 7) is 6.87. The van der Waals surface area contributed by atoms with Gasteiger partial charge < -0.3 is 9.67 Å². The van der Waals surface area contributed by atoms with Crippen molar-refractivity contribution in [3.05, 3.63) is 113 Å². The maximum absolute atomic E-state index is 12.0. The van der Waals surface area contributed by atoms with Crippen LogP contribution in [0.4, 0.5) is 0 Å². The largest absolute Gasteiger partial charge is 0.478 e. The van der Waals surface area contributed by atoms with Crippen LogP contribution in [0.5, 0.6) is 0 Å². The molecule has 3 aromatic heterocycles. The molecule has 6 aromatic rings. The van der Waals surface area contributed by atoms with Gasteiger partial charge in [-0.05, 0) is 60.9 Å². The molecule has 1 N–H and O–H groups in total. The Morgan fingerprint density at radius 2 is 1.62 bits per heavy atom. The van der Waals surface area contributed by atoms with Crippen molar-refractivity contribution in [2.45, 2.75) is 33.7 Å². The van der Waals surface area contributed by atoms with Gasteiger partial charge in [0, 0.05) is 28.6 Å². The van der Waals surface area contributed by atoms with E-state index in [0.717, 1.165) is 62.3 Å². The first-order valence-corrected chi connectivity index (χ1v) is 13.1. The molecular weight excluding hydrogens is 484 g/mol. The zero-order chi connectivity index (χ0) is 27.1. The van der Waals surface area contributed by atoms with Crippen LogP contribution in [0.2, 0.25) is 0 Å². The molecule has 39 heavy (non-hydrogen) atoms. The van der Waals surface area contributed by atoms with E-state index in [4.69, 9.17) is 15.0 Å². The number of benzene rings is 3. The van der Waals surface area contributed by atoms with Gasteiger partial charge in [0.25, 0.3) is 0 Å². The van der Waals surface area contributed by atoms with Crippen molar-refractivity contribution >= 4 is 28.0 Å². The number of carboxylic acids is 1. The second-order valence-corrected chi connectivity index (χ2v) is 9.85. The second-order valence-electron chi connectivity index (χ2n) is 9.85. The lowest BCUT2D eigenvalue weighted by molar-refractivity contribution is 0.0697. The fraction of sp³-hybridized carbons (Fsp3) is 0.152. The smallest absolute Gasteiger partial charge is 0.336 e. The van der Waals surface area contributed by atoms with E-state index in [1.807, 2.05) is 55.5 Å². The van der Waals surface area contributed by atoms with Crippen LogP contribution in [0, 0.1) is 13.8 Å². The lowest BCUT2D eigenvalue weighted by Crippen LogP contribution is -2.06. The van der Waals surface area contributed by atoms with Crippen LogP contribution in [-0.4, -0.2) is 30.6 Å². The van der Waals surface area contributed by atoms with Crippen LogP contribution in [0.1, 0.15) is 39.9 Å². The molecule has 6 rings (SSSR count). The molecule has 3 aromatic carbocycles. The fourth-order valence-electron chi connectivity index (χ4n) is 5.31. The molecule has 6 heteroatoms. The Morgan fingerprint density at radius 3 is 2.38 bits per heavy atom. The van der Waals surface area contributed by atoms with Crippen LogP contribution in [0.15, 0.2) is 84.9 Å². The van der Waals surface area contributed by atoms with Crippen molar-refractivity contribution < 1.29 is 9.90 Å². The summed E-state index contributed by atoms with van der Waals surface area (Å²) >= 11 is 0. The normalized spacial score (nSPS) is 11.4. The molecule has 0 saturated heterocycles. The predicted octanol–water partition coefficient (Wildman–Crippen LogP) is 7.24. The van der Waals surface area contributed by atoms with Crippen molar-refractivity contribution in [2.24, 2.45) is 0 Å². The molecule has 3 heterocycles. The number of aryl methyl sites for hydroxylation is 3. The van der Waals surface area contributed by atoms with Crippen LogP contribution < -0.4 is 0 Å². The molecule has 0 fully saturated rings. The third kappa shape index (κ3) is 4.44. The van der Waals surface area contributed by atoms with Gasteiger partial charge in [-0.2, -0.15) is 0 Å². The Labute approximate surface area is 226 Å². The maximum atomic E-state index is 12.0. The fourth-order valence-corrected chi connectivity index (χ4v) is 5.31. The van der Waals surface area contributed by atoms with E-state index in [1.54, 1.807) is 12.1 Å². The van der Waals surface area contributed by atoms with Gasteiger partial charge in [0.1, 0.15) is 11.3 Å². The van der Waals surface area contributed by atoms with E-state index in [1.165, 1.54) is 0 Å². The average Bonchev–Trinajstić information content (AvgIpc) is 3.30. The Hall–Kier alpha value is -4.84. The molecule has 192 valence electrons. The van der Waals surface area contributed by atoms with Crippen LogP contribution in [0.25, 0.3) is 44.5 Å². The summed E-state index contributed by atoms with van der Waals surface area (Å²) in [6, 6.07) is 27.5. The Morgan fingerprint density at radius 1 is 0.846 bits per heavy atom. The van der Waals surface area contributed by atoms with Gasteiger partial charge in [-0.25, -0.2) is 19.7 Å². The lowest BCUT2D eigenvalue weighted by Gasteiger charge is -2.14. The van der Waals surface area contributed by atoms with Gasteiger partial charge in [0.2, 0.25) is 0 Å². The molecule has 0 amide bonds. The monoisotopic (exact) mass is 512 g/mol. The highest BCUT2D eigenvalue weighted by Crippen LogP contribution is 2.35. The number of hydrogen-bond donors (Lipinski definition) is 1. The van der Waals surface area contributed by atoms with Crippen molar-refractivity contribution in [1.29, 1.82) is 0 Å². The number of fused-ring (bicyclic) bond motifs is 2. The minimum absolute atomic E-state index is 0.232. The quantitative estimate of drug-likeness (QED) is 0.254. The number of carboxylic acid groups (broad SMARTS) is 1. The molecule has 6 nitrogen and oxygen atoms in total. The van der Waals surface area contributed by atoms with Crippen molar-refractivity contribution in [3.8, 4) is 22.4 Å². The van der Waals surface area contributed by atoms with E-state index in [9.17, 15) is 9.90 Å². The van der Waals surface area contributed by atoms with Gasteiger partial charge in [0.15, 0.2) is 5.65 Å². The lowest BCUT2D eigenvalue weighted by atomic mass is 9.94. The topological polar surface area (TPSA) is 80.9 Å². The van der Waals surface area contributed by atoms with Crippen LogP contribution in [0.3, 0.4) is 0 Å². The van der Waals surface area contributed by atoms with Crippen LogP contribution >= 0.6 is 0 Å². The van der Waals surface area contributed by atoms with E-state index in [0.29, 0.717) is 17.8 Å². The summed E-state index contributed by atoms with van der Waals surface area (Å²) < 4.78 is 2.21. The van der Waals surface area contributed by atoms with Gasteiger partial charge in [-0.15, -0.1) is 0 Å². The standard InChI is InChI=1S/C33H28N4O2/c1-4-29-36-30-20(2)16-21(3)34-32(30)37(29)19-22-14-15-28-24(17-22)18-27(23-10-6-5-7-11-23)31(35-28)25-12-8-9-13-26(25)33(38)39/h5-18H,4,19H2,1-3H3,(H,38,39). The highest BCUT2D eigenvalue weighted by molar-refractivity contribution is 6.00. The Kier molecular flexibility index (Phi) is 6.15. The summed E-state index contributed by atoms with van der Waals surface area (Å²) in [7, 11) is 0. The minimum atomic E-state index is -0.972. The van der Waals surface area contributed by atoms with Crippen LogP contribution in [-0.2, 0) is 13.0 Å². The van der Waals surface area contributed by atoms with E-state index >= 15 is 0 Å². The highest BCUT2D eigenvalue weighted by Gasteiger charge is 2.18. The number of imidazole rings is 1. The minimum Gasteiger partial charge on any atom is -0.478 e. The number of aromatic nitrogens is 4. The summed E-state index contributed by atoms with van der Waals surface area (Å²) in [6.07, 6.45) is 0.814. The summed E-state index contributed by atoms with van der Waals surface area (Å²) in [5.74, 6) is 0.0373. The van der Waals surface area contributed by atoms with Gasteiger partial charge >= 0.3 is 5.97 Å². The zero-order valence-electron chi connectivity index (χ0n) is 22.1. The number of hydrogen-bond acceptors (Lipinski definition) is 4. The molecule has 0 unspecified atom stereocenters. The average molecular weight is 513 g/mol. The SMILES string of the molecule is CCc1nc2c(C)cc(C)nc2n1Cc1ccc2nc(-c3ccccc3C(=O)O)c(-c3ccccc3)cc2c1. The van der Waals surface area contributed by atoms with Crippen molar-refractivity contribution in [2.75, 3.05) is 0 Å². The van der Waals surface area contributed by atoms with Crippen molar-refractivity contribution in [1.82, 2.24) is 19.5 Å². The molecule has 0 atom stereocenters. The first-order valence-electron chi connectivity index (χ1n) is 13.1. The zero-order valence-corrected chi connectivity index (χ0v) is 22.1. The molecule has 0 aliphatic rings. The second kappa shape index (κ2) is 9.80. The molecular formula is C33H28N4O2. The molecule has 0 aliphatic heterocycles. The van der Waals surface area contributed by atoms with Gasteiger partial charge in [0.05, 0.1) is 23.3 Å². The molecule has 0 bridgehead atoms. The van der Waals surface area contributed by atoms with Crippen molar-refractivity contribution in [3.63, 3.8) is 0 Å². The van der Waals surface area contributed by atoms with Gasteiger partial charge in [-0.1, -0.05) is 61.5 Å². The first-order chi connectivity index (χ1) is 18.9. The van der Waals surface area contributed by atoms with E-state index in [2.05, 4.69) is 42.7 Å². The third-order valence-corrected chi connectivity index (χ3v) is 7.13. The highest BCUT2D eigenvalue weighted by atomic mass is 16.4. The molecule has 0 spiro atoms. The summed E-state index contributed by atoms with van der Waals surface area (Å²) in [5.41, 5.74) is 9.27. The number of aromatic carboxylic acids is 1. The number of carbonyl (C=O) groups is 1. The predicted molar refractivity (Wildman–Crippen MR) is 155 cm³/mol. The summed E-state index contributed by atoms with van der Waals surface area (Å²) in [4.78, 5) is 26.8. The van der Waals surface area contributed by atoms with E-state index in [-0.39, 0.29) is 5.56 Å². The first kappa shape index (κ1) is 24.5. The van der Waals surface area contributed by atoms with Gasteiger partial charge in [-0.3, -0.25) is 0 Å². The maximum Gasteiger partial charge on any atom is 0.336 e. The Balaban J connectivity index is 1.52.